The van der Waals surface area contributed by atoms with Gasteiger partial charge in [0, 0.05) is 37.8 Å². The molecule has 10 heteroatoms. The summed E-state index contributed by atoms with van der Waals surface area (Å²) < 4.78 is 13.8. The summed E-state index contributed by atoms with van der Waals surface area (Å²) in [5.41, 5.74) is 8.29. The van der Waals surface area contributed by atoms with Gasteiger partial charge in [-0.05, 0) is 94.1 Å². The van der Waals surface area contributed by atoms with E-state index in [0.717, 1.165) is 77.3 Å². The number of benzene rings is 4. The molecule has 64 heavy (non-hydrogen) atoms. The highest BCUT2D eigenvalue weighted by molar-refractivity contribution is 7.00. The van der Waals surface area contributed by atoms with Crippen molar-refractivity contribution in [2.45, 2.75) is 129 Å². The lowest BCUT2D eigenvalue weighted by Crippen LogP contribution is -2.66. The third-order valence-corrected chi connectivity index (χ3v) is 21.5. The molecule has 4 aromatic rings. The Morgan fingerprint density at radius 3 is 1.23 bits per heavy atom. The van der Waals surface area contributed by atoms with Crippen LogP contribution in [0.25, 0.3) is 10.4 Å². The van der Waals surface area contributed by atoms with E-state index >= 15 is 0 Å². The van der Waals surface area contributed by atoms with E-state index in [2.05, 4.69) is 215 Å². The van der Waals surface area contributed by atoms with Crippen LogP contribution in [0.4, 0.5) is 4.79 Å². The fourth-order valence-electron chi connectivity index (χ4n) is 8.27. The van der Waals surface area contributed by atoms with E-state index in [1.807, 2.05) is 0 Å². The first-order valence-electron chi connectivity index (χ1n) is 23.8. The summed E-state index contributed by atoms with van der Waals surface area (Å²) >= 11 is 0. The van der Waals surface area contributed by atoms with Gasteiger partial charge in [-0.1, -0.05) is 212 Å². The van der Waals surface area contributed by atoms with E-state index in [9.17, 15) is 4.79 Å². The zero-order chi connectivity index (χ0) is 46.4. The summed E-state index contributed by atoms with van der Waals surface area (Å²) in [7, 11) is -4.86. The van der Waals surface area contributed by atoms with Crippen LogP contribution in [0.15, 0.2) is 151 Å². The van der Waals surface area contributed by atoms with Crippen LogP contribution in [0.2, 0.25) is 10.1 Å². The van der Waals surface area contributed by atoms with Gasteiger partial charge < -0.3 is 19.5 Å². The minimum absolute atomic E-state index is 0.00864. The first-order chi connectivity index (χ1) is 30.9. The molecule has 0 bridgehead atoms. The average Bonchev–Trinajstić information content (AvgIpc) is 3.29. The second-order valence-electron chi connectivity index (χ2n) is 18.4. The van der Waals surface area contributed by atoms with Crippen LogP contribution in [0.5, 0.6) is 0 Å². The molecule has 0 aromatic heterocycles. The van der Waals surface area contributed by atoms with Crippen molar-refractivity contribution in [1.82, 2.24) is 10.6 Å². The van der Waals surface area contributed by atoms with Gasteiger partial charge in [0.1, 0.15) is 0 Å². The van der Waals surface area contributed by atoms with Gasteiger partial charge in [0.2, 0.25) is 0 Å². The number of urea groups is 1. The first-order valence-corrected chi connectivity index (χ1v) is 27.6. The highest BCUT2D eigenvalue weighted by Crippen LogP contribution is 2.38. The third-order valence-electron chi connectivity index (χ3n) is 11.5. The number of azide groups is 1. The molecule has 0 atom stereocenters. The lowest BCUT2D eigenvalue weighted by atomic mass is 10.2. The number of allylic oxidation sites excluding steroid dienone is 2. The maximum atomic E-state index is 11.7. The maximum Gasteiger partial charge on any atom is 0.314 e. The Bertz CT molecular complexity index is 1860. The Morgan fingerprint density at radius 1 is 0.547 bits per heavy atom. The predicted octanol–water partition coefficient (Wildman–Crippen LogP) is 12.2. The summed E-state index contributed by atoms with van der Waals surface area (Å²) in [6.07, 6.45) is 20.2. The van der Waals surface area contributed by atoms with Crippen molar-refractivity contribution in [2.75, 3.05) is 32.8 Å². The second kappa shape index (κ2) is 29.7. The first kappa shape index (κ1) is 53.6. The van der Waals surface area contributed by atoms with Crippen LogP contribution in [0, 0.1) is 0 Å². The SMILES string of the molecule is CC(C)(C)[Si](OCC/C=C\CCCCN=[N+]=[N-])(c1ccccc1)c1ccccc1.CCCCCNC(=O)NCCCC/C=C\CCO[Si](c1ccccc1)(c1ccccc1)C(C)(C)C. The minimum atomic E-state index is -2.44. The van der Waals surface area contributed by atoms with Gasteiger partial charge in [0.15, 0.2) is 0 Å². The molecule has 4 aromatic carbocycles. The van der Waals surface area contributed by atoms with Crippen molar-refractivity contribution in [3.05, 3.63) is 156 Å². The minimum Gasteiger partial charge on any atom is -0.407 e. The molecule has 0 unspecified atom stereocenters. The standard InChI is InChI=1S/C30H46N2O2Si.C24H33N3OSi/c1-5-6-17-24-31-29(33)32-25-18-9-7-8-10-19-26-34-35(30(2,3)4,27-20-13-11-14-21-27)28-22-15-12-16-23-28;1-24(2,3)29(22-16-10-8-11-17-22,23-18-12-9-13-19-23)28-21-15-7-5-4-6-14-20-26-27-25/h8,10-16,20-23H,5-7,9,17-19,24-26H2,1-4H3,(H2,31,32,33);5,7-13,16-19H,4,6,14-15,20-21H2,1-3H3/b10-8-;7-5-. The summed E-state index contributed by atoms with van der Waals surface area (Å²) in [4.78, 5) is 14.5. The van der Waals surface area contributed by atoms with Gasteiger partial charge in [-0.15, -0.1) is 0 Å². The molecule has 0 saturated heterocycles. The van der Waals surface area contributed by atoms with Crippen LogP contribution < -0.4 is 31.4 Å². The van der Waals surface area contributed by atoms with Crippen LogP contribution in [-0.4, -0.2) is 55.5 Å². The Labute approximate surface area is 389 Å². The van der Waals surface area contributed by atoms with Crippen LogP contribution >= 0.6 is 0 Å². The van der Waals surface area contributed by atoms with Crippen molar-refractivity contribution in [2.24, 2.45) is 5.11 Å². The fourth-order valence-corrected chi connectivity index (χ4v) is 17.4. The van der Waals surface area contributed by atoms with Crippen molar-refractivity contribution < 1.29 is 13.6 Å². The Kier molecular flexibility index (Phi) is 24.9. The molecule has 346 valence electrons. The molecule has 2 amide bonds. The van der Waals surface area contributed by atoms with Gasteiger partial charge in [0.25, 0.3) is 16.6 Å². The van der Waals surface area contributed by atoms with Gasteiger partial charge in [-0.25, -0.2) is 4.79 Å². The second-order valence-corrected chi connectivity index (χ2v) is 27.0. The van der Waals surface area contributed by atoms with E-state index in [1.165, 1.54) is 27.2 Å². The van der Waals surface area contributed by atoms with Gasteiger partial charge in [0.05, 0.1) is 0 Å². The van der Waals surface area contributed by atoms with Gasteiger partial charge >= 0.3 is 6.03 Å². The molecule has 0 fully saturated rings. The molecule has 0 saturated carbocycles. The number of hydrogen-bond acceptors (Lipinski definition) is 4. The molecule has 0 aliphatic carbocycles. The average molecular weight is 902 g/mol. The highest BCUT2D eigenvalue weighted by Gasteiger charge is 2.51. The largest absolute Gasteiger partial charge is 0.407 e. The number of rotatable bonds is 26. The van der Waals surface area contributed by atoms with Gasteiger partial charge in [-0.3, -0.25) is 0 Å². The van der Waals surface area contributed by atoms with Crippen molar-refractivity contribution in [3.63, 3.8) is 0 Å². The number of amides is 2. The van der Waals surface area contributed by atoms with Gasteiger partial charge in [-0.2, -0.15) is 0 Å². The molecular formula is C54H79N5O3Si2. The lowest BCUT2D eigenvalue weighted by Gasteiger charge is -2.43. The quantitative estimate of drug-likeness (QED) is 0.0164. The summed E-state index contributed by atoms with van der Waals surface area (Å²) in [5.74, 6) is 0. The van der Waals surface area contributed by atoms with Crippen molar-refractivity contribution >= 4 is 43.4 Å². The fraction of sp³-hybridized carbons (Fsp3) is 0.463. The van der Waals surface area contributed by atoms with Crippen LogP contribution in [-0.2, 0) is 8.85 Å². The topological polar surface area (TPSA) is 108 Å². The zero-order valence-electron chi connectivity index (χ0n) is 40.2. The van der Waals surface area contributed by atoms with E-state index in [4.69, 9.17) is 14.4 Å². The summed E-state index contributed by atoms with van der Waals surface area (Å²) in [6, 6.07) is 43.1. The molecule has 0 heterocycles. The lowest BCUT2D eigenvalue weighted by molar-refractivity contribution is 0.240. The molecule has 8 nitrogen and oxygen atoms in total. The maximum absolute atomic E-state index is 11.7. The summed E-state index contributed by atoms with van der Waals surface area (Å²) in [6.45, 7) is 19.5. The molecule has 0 radical (unpaired) electrons. The number of nitrogens with zero attached hydrogens (tertiary/aromatic N) is 3. The normalized spacial score (nSPS) is 12.1. The van der Waals surface area contributed by atoms with Crippen molar-refractivity contribution in [1.29, 1.82) is 0 Å². The monoisotopic (exact) mass is 902 g/mol. The molecule has 0 aliphatic rings. The number of nitrogens with one attached hydrogen (secondary N) is 2. The number of unbranched alkanes of at least 4 members (excludes halogenated alkanes) is 6. The van der Waals surface area contributed by atoms with E-state index in [0.29, 0.717) is 19.8 Å². The smallest absolute Gasteiger partial charge is 0.314 e. The van der Waals surface area contributed by atoms with E-state index in [1.54, 1.807) is 0 Å². The highest BCUT2D eigenvalue weighted by atomic mass is 28.4. The Balaban J connectivity index is 0.000000346. The van der Waals surface area contributed by atoms with Crippen molar-refractivity contribution in [3.8, 4) is 0 Å². The van der Waals surface area contributed by atoms with E-state index in [-0.39, 0.29) is 16.1 Å². The Morgan fingerprint density at radius 2 is 0.891 bits per heavy atom. The predicted molar refractivity (Wildman–Crippen MR) is 277 cm³/mol. The van der Waals surface area contributed by atoms with Crippen LogP contribution in [0.1, 0.15) is 119 Å². The molecule has 4 rings (SSSR count). The molecule has 0 spiro atoms. The van der Waals surface area contributed by atoms with Crippen LogP contribution in [0.3, 0.4) is 0 Å². The number of carbonyl (C=O) groups is 1. The molecule has 2 N–H and O–H groups in total. The Hall–Kier alpha value is -4.71. The number of hydrogen-bond donors (Lipinski definition) is 2. The number of carbonyl (C=O) groups excluding carboxylic acids is 1. The zero-order valence-corrected chi connectivity index (χ0v) is 42.2. The van der Waals surface area contributed by atoms with E-state index < -0.39 is 16.6 Å². The summed E-state index contributed by atoms with van der Waals surface area (Å²) in [5, 5.41) is 14.7. The molecular weight excluding hydrogens is 823 g/mol. The third kappa shape index (κ3) is 17.4. The molecule has 0 aliphatic heterocycles.